The molecule has 2 aromatic carbocycles. The fraction of sp³-hybridized carbons (Fsp3) is 0.176. The fourth-order valence-corrected chi connectivity index (χ4v) is 3.49. The first kappa shape index (κ1) is 18.9. The van der Waals surface area contributed by atoms with Crippen molar-refractivity contribution in [3.8, 4) is 11.4 Å². The maximum atomic E-state index is 12.8. The lowest BCUT2D eigenvalue weighted by Gasteiger charge is -2.08. The van der Waals surface area contributed by atoms with E-state index in [0.29, 0.717) is 23.4 Å². The Morgan fingerprint density at radius 1 is 1.15 bits per heavy atom. The number of aryl methyl sites for hydroxylation is 1. The Balaban J connectivity index is 2.17. The van der Waals surface area contributed by atoms with E-state index in [-0.39, 0.29) is 11.1 Å². The number of hydrogen-bond donors (Lipinski definition) is 1. The van der Waals surface area contributed by atoms with Crippen LogP contribution >= 0.6 is 0 Å². The molecule has 0 spiro atoms. The van der Waals surface area contributed by atoms with Gasteiger partial charge in [-0.05, 0) is 37.3 Å². The lowest BCUT2D eigenvalue weighted by atomic mass is 10.1. The third-order valence-electron chi connectivity index (χ3n) is 4.04. The van der Waals surface area contributed by atoms with Crippen LogP contribution in [0.15, 0.2) is 47.4 Å². The van der Waals surface area contributed by atoms with E-state index in [2.05, 4.69) is 4.98 Å². The van der Waals surface area contributed by atoms with Crippen molar-refractivity contribution in [1.29, 1.82) is 0 Å². The van der Waals surface area contributed by atoms with Crippen LogP contribution in [-0.4, -0.2) is 34.6 Å². The Kier molecular flexibility index (Phi) is 4.46. The Hall–Kier alpha value is -2.88. The zero-order valence-electron chi connectivity index (χ0n) is 13.9. The SMILES string of the molecule is CCn1c(-c2ccc(C(=O)O)cc2)nc2cc(S(=O)(=O)C(F)(F)F)ccc21. The number of carbonyl (C=O) groups is 1. The topological polar surface area (TPSA) is 89.3 Å². The highest BCUT2D eigenvalue weighted by molar-refractivity contribution is 7.92. The molecule has 0 amide bonds. The summed E-state index contributed by atoms with van der Waals surface area (Å²) in [6, 6.07) is 8.90. The van der Waals surface area contributed by atoms with Crippen LogP contribution in [0, 0.1) is 0 Å². The molecule has 3 aromatic rings. The summed E-state index contributed by atoms with van der Waals surface area (Å²) in [5, 5.41) is 8.96. The average Bonchev–Trinajstić information content (AvgIpc) is 2.98. The predicted octanol–water partition coefficient (Wildman–Crippen LogP) is 3.71. The van der Waals surface area contributed by atoms with Crippen LogP contribution in [0.4, 0.5) is 13.2 Å². The Bertz CT molecular complexity index is 1130. The molecule has 0 aliphatic carbocycles. The molecule has 0 radical (unpaired) electrons. The number of hydrogen-bond acceptors (Lipinski definition) is 4. The van der Waals surface area contributed by atoms with Crippen molar-refractivity contribution in [3.05, 3.63) is 48.0 Å². The monoisotopic (exact) mass is 398 g/mol. The van der Waals surface area contributed by atoms with Crippen molar-refractivity contribution in [3.63, 3.8) is 0 Å². The molecule has 0 atom stereocenters. The number of carboxylic acids is 1. The number of fused-ring (bicyclic) bond motifs is 1. The molecule has 0 aliphatic heterocycles. The second kappa shape index (κ2) is 6.38. The van der Waals surface area contributed by atoms with Gasteiger partial charge in [0.25, 0.3) is 9.84 Å². The second-order valence-electron chi connectivity index (χ2n) is 5.66. The fourth-order valence-electron chi connectivity index (χ4n) is 2.71. The first-order valence-electron chi connectivity index (χ1n) is 7.71. The molecule has 0 unspecified atom stereocenters. The molecule has 0 saturated heterocycles. The second-order valence-corrected chi connectivity index (χ2v) is 7.60. The average molecular weight is 398 g/mol. The lowest BCUT2D eigenvalue weighted by Crippen LogP contribution is -2.23. The minimum absolute atomic E-state index is 0.0801. The van der Waals surface area contributed by atoms with Crippen molar-refractivity contribution in [2.24, 2.45) is 0 Å². The molecule has 142 valence electrons. The third-order valence-corrected chi connectivity index (χ3v) is 5.52. The zero-order valence-corrected chi connectivity index (χ0v) is 14.7. The minimum Gasteiger partial charge on any atom is -0.478 e. The van der Waals surface area contributed by atoms with Crippen molar-refractivity contribution in [2.75, 3.05) is 0 Å². The maximum absolute atomic E-state index is 12.8. The minimum atomic E-state index is -5.47. The smallest absolute Gasteiger partial charge is 0.478 e. The van der Waals surface area contributed by atoms with Crippen molar-refractivity contribution in [1.82, 2.24) is 9.55 Å². The van der Waals surface area contributed by atoms with Gasteiger partial charge in [0.1, 0.15) is 5.82 Å². The molecular formula is C17H13F3N2O4S. The van der Waals surface area contributed by atoms with Gasteiger partial charge in [-0.2, -0.15) is 13.2 Å². The number of alkyl halides is 3. The van der Waals surface area contributed by atoms with E-state index in [1.807, 2.05) is 0 Å². The van der Waals surface area contributed by atoms with E-state index in [0.717, 1.165) is 12.1 Å². The molecule has 0 saturated carbocycles. The number of imidazole rings is 1. The quantitative estimate of drug-likeness (QED) is 0.724. The van der Waals surface area contributed by atoms with E-state index in [4.69, 9.17) is 5.11 Å². The summed E-state index contributed by atoms with van der Waals surface area (Å²) in [5.74, 6) is -0.696. The van der Waals surface area contributed by atoms with Gasteiger partial charge in [0, 0.05) is 12.1 Å². The van der Waals surface area contributed by atoms with E-state index >= 15 is 0 Å². The van der Waals surface area contributed by atoms with Gasteiger partial charge >= 0.3 is 11.5 Å². The summed E-state index contributed by atoms with van der Waals surface area (Å²) in [6.45, 7) is 2.23. The van der Waals surface area contributed by atoms with Crippen LogP contribution < -0.4 is 0 Å². The van der Waals surface area contributed by atoms with Crippen molar-refractivity contribution < 1.29 is 31.5 Å². The zero-order chi connectivity index (χ0) is 20.0. The van der Waals surface area contributed by atoms with Gasteiger partial charge in [-0.3, -0.25) is 0 Å². The van der Waals surface area contributed by atoms with Gasteiger partial charge in [0.05, 0.1) is 21.5 Å². The summed E-state index contributed by atoms with van der Waals surface area (Å²) in [7, 11) is -5.47. The van der Waals surface area contributed by atoms with Gasteiger partial charge in [0.15, 0.2) is 0 Å². The van der Waals surface area contributed by atoms with Gasteiger partial charge in [-0.15, -0.1) is 0 Å². The number of halogens is 3. The van der Waals surface area contributed by atoms with Gasteiger partial charge < -0.3 is 9.67 Å². The number of rotatable bonds is 4. The highest BCUT2D eigenvalue weighted by atomic mass is 32.2. The van der Waals surface area contributed by atoms with Crippen molar-refractivity contribution >= 4 is 26.8 Å². The van der Waals surface area contributed by atoms with Crippen LogP contribution in [0.25, 0.3) is 22.4 Å². The van der Waals surface area contributed by atoms with Crippen LogP contribution in [0.1, 0.15) is 17.3 Å². The van der Waals surface area contributed by atoms with Crippen LogP contribution in [0.2, 0.25) is 0 Å². The maximum Gasteiger partial charge on any atom is 0.501 e. The van der Waals surface area contributed by atoms with Gasteiger partial charge in [0.2, 0.25) is 0 Å². The van der Waals surface area contributed by atoms with E-state index in [1.54, 1.807) is 11.5 Å². The number of sulfone groups is 1. The van der Waals surface area contributed by atoms with Crippen LogP contribution in [0.5, 0.6) is 0 Å². The molecule has 1 aromatic heterocycles. The van der Waals surface area contributed by atoms with E-state index in [9.17, 15) is 26.4 Å². The van der Waals surface area contributed by atoms with Gasteiger partial charge in [-0.1, -0.05) is 12.1 Å². The van der Waals surface area contributed by atoms with Crippen LogP contribution in [-0.2, 0) is 16.4 Å². The Morgan fingerprint density at radius 3 is 2.30 bits per heavy atom. The largest absolute Gasteiger partial charge is 0.501 e. The molecule has 1 heterocycles. The van der Waals surface area contributed by atoms with Crippen LogP contribution in [0.3, 0.4) is 0 Å². The first-order valence-corrected chi connectivity index (χ1v) is 9.20. The lowest BCUT2D eigenvalue weighted by molar-refractivity contribution is -0.0436. The molecule has 6 nitrogen and oxygen atoms in total. The van der Waals surface area contributed by atoms with E-state index < -0.39 is 26.2 Å². The summed E-state index contributed by atoms with van der Waals surface area (Å²) >= 11 is 0. The normalized spacial score (nSPS) is 12.4. The highest BCUT2D eigenvalue weighted by Crippen LogP contribution is 2.33. The number of aromatic nitrogens is 2. The molecule has 3 rings (SSSR count). The van der Waals surface area contributed by atoms with Gasteiger partial charge in [-0.25, -0.2) is 18.2 Å². The molecule has 10 heteroatoms. The summed E-state index contributed by atoms with van der Waals surface area (Å²) < 4.78 is 63.3. The Labute approximate surface area is 151 Å². The highest BCUT2D eigenvalue weighted by Gasteiger charge is 2.47. The number of benzene rings is 2. The Morgan fingerprint density at radius 2 is 1.78 bits per heavy atom. The molecular weight excluding hydrogens is 385 g/mol. The molecule has 0 bridgehead atoms. The number of nitrogens with zero attached hydrogens (tertiary/aromatic N) is 2. The molecule has 0 fully saturated rings. The summed E-state index contributed by atoms with van der Waals surface area (Å²) in [5.41, 5.74) is -4.20. The molecule has 0 aliphatic rings. The molecule has 1 N–H and O–H groups in total. The third kappa shape index (κ3) is 3.16. The number of aromatic carboxylic acids is 1. The summed E-state index contributed by atoms with van der Waals surface area (Å²) in [4.78, 5) is 14.3. The van der Waals surface area contributed by atoms with E-state index in [1.165, 1.54) is 30.3 Å². The van der Waals surface area contributed by atoms with Crippen molar-refractivity contribution in [2.45, 2.75) is 23.9 Å². The standard InChI is InChI=1S/C17H13F3N2O4S/c1-2-22-14-8-7-12(27(25,26)17(18,19)20)9-13(14)21-15(22)10-3-5-11(6-4-10)16(23)24/h3-9H,2H2,1H3,(H,23,24). The summed E-state index contributed by atoms with van der Waals surface area (Å²) in [6.07, 6.45) is 0. The first-order chi connectivity index (χ1) is 12.6. The molecule has 27 heavy (non-hydrogen) atoms. The predicted molar refractivity (Wildman–Crippen MR) is 91.0 cm³/mol. The number of carboxylic acid groups (broad SMARTS) is 1.